The summed E-state index contributed by atoms with van der Waals surface area (Å²) < 4.78 is -11.6. The zero-order valence-corrected chi connectivity index (χ0v) is 32.3. The predicted octanol–water partition coefficient (Wildman–Crippen LogP) is 13.1. The zero-order valence-electron chi connectivity index (χ0n) is 16.2. The van der Waals surface area contributed by atoms with Crippen LogP contribution < -0.4 is 0 Å². The van der Waals surface area contributed by atoms with Crippen molar-refractivity contribution in [1.82, 2.24) is 0 Å². The molecular weight excluding hydrogens is 866 g/mol. The van der Waals surface area contributed by atoms with Gasteiger partial charge in [0.2, 0.25) is 19.0 Å². The standard InChI is InChI=1S/C11HCl15S.C6H6S.Zn/c12-7(13,14)1-2(8(15,16)17)4(10(21,22)23)6(27)5(11(24,25)26)3(1)9(18,19)20;7-6-4-2-1-3-5-6;/h27H;1-5,7H;. The first-order chi connectivity index (χ1) is 14.9. The molecule has 35 heavy (non-hydrogen) atoms. The van der Waals surface area contributed by atoms with E-state index in [0.29, 0.717) is 0 Å². The van der Waals surface area contributed by atoms with Crippen LogP contribution in [-0.4, -0.2) is 0 Å². The fourth-order valence-electron chi connectivity index (χ4n) is 2.57. The normalized spacial score (nSPS) is 13.1. The van der Waals surface area contributed by atoms with E-state index in [-0.39, 0.29) is 35.5 Å². The van der Waals surface area contributed by atoms with E-state index in [4.69, 9.17) is 174 Å². The molecule has 2 rings (SSSR count). The van der Waals surface area contributed by atoms with Gasteiger partial charge in [-0.05, 0) is 12.1 Å². The van der Waals surface area contributed by atoms with Crippen LogP contribution in [-0.2, 0) is 38.4 Å². The molecule has 0 N–H and O–H groups in total. The molecule has 0 bridgehead atoms. The number of hydrogen-bond donors (Lipinski definition) is 2. The van der Waals surface area contributed by atoms with Crippen LogP contribution in [0, 0.1) is 0 Å². The summed E-state index contributed by atoms with van der Waals surface area (Å²) in [6.45, 7) is 0. The molecule has 0 aliphatic carbocycles. The monoisotopic (exact) mass is 863 g/mol. The Morgan fingerprint density at radius 3 is 0.800 bits per heavy atom. The molecule has 0 aliphatic rings. The van der Waals surface area contributed by atoms with E-state index in [9.17, 15) is 0 Å². The van der Waals surface area contributed by atoms with Crippen molar-refractivity contribution in [2.45, 2.75) is 28.8 Å². The third-order valence-corrected chi connectivity index (χ3v) is 7.23. The zero-order chi connectivity index (χ0) is 27.1. The Hall–Kier alpha value is 4.11. The maximum atomic E-state index is 6.07. The van der Waals surface area contributed by atoms with Crippen LogP contribution in [0.2, 0.25) is 0 Å². The van der Waals surface area contributed by atoms with Gasteiger partial charge in [0.05, 0.1) is 0 Å². The van der Waals surface area contributed by atoms with Crippen molar-refractivity contribution in [1.29, 1.82) is 0 Å². The Morgan fingerprint density at radius 2 is 0.629 bits per heavy atom. The van der Waals surface area contributed by atoms with E-state index in [2.05, 4.69) is 25.3 Å². The minimum absolute atomic E-state index is 0. The van der Waals surface area contributed by atoms with E-state index in [1.54, 1.807) is 0 Å². The summed E-state index contributed by atoms with van der Waals surface area (Å²) in [6, 6.07) is 9.79. The summed E-state index contributed by atoms with van der Waals surface area (Å²) in [4.78, 5) is 0.748. The van der Waals surface area contributed by atoms with E-state index >= 15 is 0 Å². The summed E-state index contributed by atoms with van der Waals surface area (Å²) in [5.74, 6) is 0. The molecule has 0 aliphatic heterocycles. The van der Waals surface area contributed by atoms with Gasteiger partial charge >= 0.3 is 0 Å². The predicted molar refractivity (Wildman–Crippen MR) is 164 cm³/mol. The van der Waals surface area contributed by atoms with Gasteiger partial charge in [-0.2, -0.15) is 0 Å². The third kappa shape index (κ3) is 11.4. The molecule has 2 aromatic rings. The molecule has 0 fully saturated rings. The van der Waals surface area contributed by atoms with Crippen molar-refractivity contribution in [3.63, 3.8) is 0 Å². The molecular formula is C17H7Cl15S2Zn. The molecule has 18 heteroatoms. The smallest absolute Gasteiger partial charge is 0.143 e. The van der Waals surface area contributed by atoms with Gasteiger partial charge in [-0.1, -0.05) is 192 Å². The van der Waals surface area contributed by atoms with E-state index in [1.165, 1.54) is 0 Å². The molecule has 0 atom stereocenters. The van der Waals surface area contributed by atoms with E-state index in [1.807, 2.05) is 30.3 Å². The molecule has 0 unspecified atom stereocenters. The second kappa shape index (κ2) is 14.5. The van der Waals surface area contributed by atoms with Crippen LogP contribution in [0.4, 0.5) is 0 Å². The second-order valence-corrected chi connectivity index (χ2v) is 18.4. The minimum atomic E-state index is -2.38. The molecule has 0 spiro atoms. The molecule has 194 valence electrons. The quantitative estimate of drug-likeness (QED) is 0.147. The summed E-state index contributed by atoms with van der Waals surface area (Å²) in [5, 5.41) is 0. The van der Waals surface area contributed by atoms with Crippen molar-refractivity contribution in [3.8, 4) is 0 Å². The largest absolute Gasteiger partial charge is 0.217 e. The average Bonchev–Trinajstić information content (AvgIpc) is 2.56. The maximum absolute atomic E-state index is 6.07. The Bertz CT molecular complexity index is 947. The first kappa shape index (κ1) is 39.1. The first-order valence-electron chi connectivity index (χ1n) is 7.94. The average molecular weight is 873 g/mol. The molecule has 0 radical (unpaired) electrons. The van der Waals surface area contributed by atoms with Gasteiger partial charge in [-0.15, -0.1) is 25.3 Å². The third-order valence-electron chi connectivity index (χ3n) is 3.65. The van der Waals surface area contributed by atoms with Gasteiger partial charge in [0.15, 0.2) is 0 Å². The van der Waals surface area contributed by atoms with E-state index in [0.717, 1.165) is 4.90 Å². The fraction of sp³-hybridized carbons (Fsp3) is 0.294. The Morgan fingerprint density at radius 1 is 0.400 bits per heavy atom. The van der Waals surface area contributed by atoms with Crippen molar-refractivity contribution >= 4 is 199 Å². The number of thiol groups is 2. The van der Waals surface area contributed by atoms with Gasteiger partial charge in [0.1, 0.15) is 0 Å². The van der Waals surface area contributed by atoms with Crippen LogP contribution in [0.3, 0.4) is 0 Å². The topological polar surface area (TPSA) is 0 Å². The van der Waals surface area contributed by atoms with Gasteiger partial charge in [0.25, 0.3) is 0 Å². The fourth-order valence-corrected chi connectivity index (χ4v) is 6.53. The number of hydrogen-bond acceptors (Lipinski definition) is 2. The van der Waals surface area contributed by atoms with Crippen LogP contribution in [0.5, 0.6) is 0 Å². The van der Waals surface area contributed by atoms with Gasteiger partial charge in [0, 0.05) is 57.1 Å². The Balaban J connectivity index is 0.00000123. The summed E-state index contributed by atoms with van der Waals surface area (Å²) in [5.41, 5.74) is -2.01. The van der Waals surface area contributed by atoms with Crippen molar-refractivity contribution in [2.75, 3.05) is 0 Å². The molecule has 0 nitrogen and oxygen atoms in total. The minimum Gasteiger partial charge on any atom is -0.143 e. The summed E-state index contributed by atoms with van der Waals surface area (Å²) in [6.07, 6.45) is 0. The van der Waals surface area contributed by atoms with Crippen LogP contribution in [0.15, 0.2) is 40.1 Å². The van der Waals surface area contributed by atoms with Crippen molar-refractivity contribution < 1.29 is 19.5 Å². The SMILES string of the molecule is Sc1c(C(Cl)(Cl)Cl)c(C(Cl)(Cl)Cl)c(C(Cl)(Cl)Cl)c(C(Cl)(Cl)Cl)c1C(Cl)(Cl)Cl.Sc1ccccc1.[Zn]. The van der Waals surface area contributed by atoms with Gasteiger partial charge in [-0.3, -0.25) is 0 Å². The maximum Gasteiger partial charge on any atom is 0.217 e. The van der Waals surface area contributed by atoms with Gasteiger partial charge < -0.3 is 0 Å². The summed E-state index contributed by atoms with van der Waals surface area (Å²) >= 11 is 99.1. The summed E-state index contributed by atoms with van der Waals surface area (Å²) in [7, 11) is 0. The number of rotatable bonds is 0. The number of alkyl halides is 15. The Labute approximate surface area is 301 Å². The molecule has 0 aromatic heterocycles. The molecule has 0 saturated carbocycles. The molecule has 0 saturated heterocycles. The van der Waals surface area contributed by atoms with Crippen LogP contribution in [0.1, 0.15) is 27.8 Å². The van der Waals surface area contributed by atoms with Crippen LogP contribution in [0.25, 0.3) is 0 Å². The van der Waals surface area contributed by atoms with Crippen LogP contribution >= 0.6 is 199 Å². The van der Waals surface area contributed by atoms with Crippen molar-refractivity contribution in [2.24, 2.45) is 0 Å². The number of benzene rings is 2. The van der Waals surface area contributed by atoms with Gasteiger partial charge in [-0.25, -0.2) is 0 Å². The molecule has 0 heterocycles. The molecule has 0 amide bonds. The van der Waals surface area contributed by atoms with E-state index < -0.39 is 35.7 Å². The second-order valence-electron chi connectivity index (χ2n) is 6.05. The first-order valence-corrected chi connectivity index (χ1v) is 14.5. The molecule has 2 aromatic carbocycles. The van der Waals surface area contributed by atoms with Crippen molar-refractivity contribution in [3.05, 3.63) is 58.1 Å². The number of halogens is 15. The Kier molecular flexibility index (Phi) is 16.2.